The Labute approximate surface area is 259 Å². The number of hydrogen-bond donors (Lipinski definition) is 2. The van der Waals surface area contributed by atoms with E-state index in [0.29, 0.717) is 15.6 Å². The van der Waals surface area contributed by atoms with E-state index < -0.39 is 48.4 Å². The average Bonchev–Trinajstić information content (AvgIpc) is 2.98. The third-order valence-electron chi connectivity index (χ3n) is 6.67. The predicted molar refractivity (Wildman–Crippen MR) is 162 cm³/mol. The van der Waals surface area contributed by atoms with Crippen LogP contribution >= 0.6 is 0 Å². The van der Waals surface area contributed by atoms with Gasteiger partial charge in [0.1, 0.15) is 24.3 Å². The number of ketones is 2. The number of benzene rings is 1. The largest absolute Gasteiger partial charge is 0.469 e. The van der Waals surface area contributed by atoms with Gasteiger partial charge in [-0.2, -0.15) is 0 Å². The highest BCUT2D eigenvalue weighted by atomic mass is 16.5. The van der Waals surface area contributed by atoms with Gasteiger partial charge in [-0.3, -0.25) is 19.2 Å². The molecule has 0 saturated heterocycles. The SMILES string of the molecule is C=CCn1c(=O)n(CC(C)O)c(=O)n(CC(O)COC(=O)CCCC(=O)Cc2cccc(CC(=O)CCCC(=O)OC)c2)c1=O. The van der Waals surface area contributed by atoms with Crippen molar-refractivity contribution in [2.45, 2.75) is 90.1 Å². The van der Waals surface area contributed by atoms with E-state index in [0.717, 1.165) is 15.7 Å². The molecule has 2 N–H and O–H groups in total. The second kappa shape index (κ2) is 18.4. The van der Waals surface area contributed by atoms with Crippen LogP contribution in [0.25, 0.3) is 0 Å². The highest BCUT2D eigenvalue weighted by Crippen LogP contribution is 2.12. The average molecular weight is 632 g/mol. The minimum absolute atomic E-state index is 0.0248. The smallest absolute Gasteiger partial charge is 0.336 e. The fourth-order valence-corrected chi connectivity index (χ4v) is 4.51. The Morgan fingerprint density at radius 3 is 1.84 bits per heavy atom. The number of allylic oxidation sites excluding steroid dienone is 1. The molecule has 1 aromatic heterocycles. The number of methoxy groups -OCH3 is 1. The van der Waals surface area contributed by atoms with Crippen LogP contribution < -0.4 is 17.1 Å². The fraction of sp³-hybridized carbons (Fsp3) is 0.516. The van der Waals surface area contributed by atoms with Crippen LogP contribution in [0.15, 0.2) is 51.3 Å². The minimum atomic E-state index is -1.46. The van der Waals surface area contributed by atoms with Gasteiger partial charge in [0.05, 0.1) is 32.8 Å². The molecule has 2 unspecified atom stereocenters. The number of ether oxygens (including phenoxy) is 2. The van der Waals surface area contributed by atoms with E-state index in [4.69, 9.17) is 4.74 Å². The Bertz CT molecular complexity index is 1530. The Morgan fingerprint density at radius 1 is 0.822 bits per heavy atom. The highest BCUT2D eigenvalue weighted by molar-refractivity contribution is 5.83. The summed E-state index contributed by atoms with van der Waals surface area (Å²) in [6, 6.07) is 7.09. The maximum atomic E-state index is 12.7. The van der Waals surface area contributed by atoms with Crippen molar-refractivity contribution in [1.29, 1.82) is 0 Å². The number of esters is 2. The number of nitrogens with zero attached hydrogens (tertiary/aromatic N) is 3. The normalized spacial score (nSPS) is 12.3. The molecule has 0 amide bonds. The molecule has 0 spiro atoms. The van der Waals surface area contributed by atoms with Crippen LogP contribution in [0.1, 0.15) is 56.6 Å². The van der Waals surface area contributed by atoms with Gasteiger partial charge in [0, 0.05) is 38.5 Å². The van der Waals surface area contributed by atoms with Gasteiger partial charge in [0.2, 0.25) is 0 Å². The number of carbonyl (C=O) groups is 4. The monoisotopic (exact) mass is 631 g/mol. The summed E-state index contributed by atoms with van der Waals surface area (Å²) >= 11 is 0. The molecule has 14 heteroatoms. The van der Waals surface area contributed by atoms with E-state index in [1.165, 1.54) is 20.1 Å². The first-order valence-electron chi connectivity index (χ1n) is 14.6. The summed E-state index contributed by atoms with van der Waals surface area (Å²) in [5, 5.41) is 20.0. The topological polar surface area (TPSA) is 193 Å². The standard InChI is InChI=1S/C31H41N3O11/c1-4-14-32-29(41)33(18-21(2)35)31(43)34(30(32)42)19-26(38)20-45-28(40)13-7-11-25(37)17-23-9-5-8-22(15-23)16-24(36)10-6-12-27(39)44-3/h4-5,8-9,15,21,26,35,38H,1,6-7,10-14,16-20H2,2-3H3. The lowest BCUT2D eigenvalue weighted by molar-refractivity contribution is -0.147. The number of aliphatic hydroxyl groups is 2. The summed E-state index contributed by atoms with van der Waals surface area (Å²) in [6.45, 7) is 3.16. The zero-order valence-corrected chi connectivity index (χ0v) is 25.6. The molecule has 0 fully saturated rings. The first-order chi connectivity index (χ1) is 21.4. The summed E-state index contributed by atoms with van der Waals surface area (Å²) < 4.78 is 11.6. The number of carbonyl (C=O) groups excluding carboxylic acids is 4. The van der Waals surface area contributed by atoms with E-state index in [2.05, 4.69) is 11.3 Å². The molecule has 45 heavy (non-hydrogen) atoms. The van der Waals surface area contributed by atoms with E-state index in [1.807, 2.05) is 0 Å². The molecule has 2 atom stereocenters. The van der Waals surface area contributed by atoms with Crippen molar-refractivity contribution < 1.29 is 38.9 Å². The van der Waals surface area contributed by atoms with Crippen LogP contribution in [0.4, 0.5) is 0 Å². The van der Waals surface area contributed by atoms with Crippen molar-refractivity contribution in [3.05, 3.63) is 79.5 Å². The van der Waals surface area contributed by atoms with Crippen LogP contribution in [0.2, 0.25) is 0 Å². The van der Waals surface area contributed by atoms with Gasteiger partial charge in [-0.15, -0.1) is 6.58 Å². The summed E-state index contributed by atoms with van der Waals surface area (Å²) in [6.07, 6.45) is 0.0849. The van der Waals surface area contributed by atoms with E-state index in [1.54, 1.807) is 24.3 Å². The zero-order valence-electron chi connectivity index (χ0n) is 25.6. The first kappa shape index (κ1) is 36.8. The maximum absolute atomic E-state index is 12.7. The molecule has 2 aromatic rings. The fourth-order valence-electron chi connectivity index (χ4n) is 4.51. The summed E-state index contributed by atoms with van der Waals surface area (Å²) in [4.78, 5) is 86.0. The first-order valence-corrected chi connectivity index (χ1v) is 14.6. The molecular formula is C31H41N3O11. The molecule has 246 valence electrons. The van der Waals surface area contributed by atoms with E-state index in [9.17, 15) is 43.8 Å². The van der Waals surface area contributed by atoms with Crippen molar-refractivity contribution in [3.63, 3.8) is 0 Å². The number of Topliss-reactive ketones (excluding diaryl/α,β-unsaturated/α-hetero) is 2. The molecule has 0 radical (unpaired) electrons. The van der Waals surface area contributed by atoms with Gasteiger partial charge in [0.25, 0.3) is 0 Å². The van der Waals surface area contributed by atoms with Crippen molar-refractivity contribution in [3.8, 4) is 0 Å². The van der Waals surface area contributed by atoms with Gasteiger partial charge in [-0.1, -0.05) is 30.3 Å². The van der Waals surface area contributed by atoms with Gasteiger partial charge >= 0.3 is 29.0 Å². The molecule has 2 rings (SSSR count). The molecule has 0 aliphatic carbocycles. The Morgan fingerprint density at radius 2 is 1.33 bits per heavy atom. The van der Waals surface area contributed by atoms with Crippen LogP contribution in [-0.2, 0) is 61.1 Å². The summed E-state index contributed by atoms with van der Waals surface area (Å²) in [5.74, 6) is -1.20. The summed E-state index contributed by atoms with van der Waals surface area (Å²) in [7, 11) is 1.29. The van der Waals surface area contributed by atoms with E-state index in [-0.39, 0.29) is 75.6 Å². The van der Waals surface area contributed by atoms with Crippen molar-refractivity contribution in [2.75, 3.05) is 13.7 Å². The predicted octanol–water partition coefficient (Wildman–Crippen LogP) is 0.0796. The quantitative estimate of drug-likeness (QED) is 0.148. The van der Waals surface area contributed by atoms with Crippen LogP contribution in [0, 0.1) is 0 Å². The van der Waals surface area contributed by atoms with Crippen molar-refractivity contribution in [1.82, 2.24) is 13.7 Å². The van der Waals surface area contributed by atoms with Crippen LogP contribution in [0.5, 0.6) is 0 Å². The van der Waals surface area contributed by atoms with Crippen molar-refractivity contribution in [2.24, 2.45) is 0 Å². The lowest BCUT2D eigenvalue weighted by Crippen LogP contribution is -2.56. The zero-order chi connectivity index (χ0) is 33.5. The third-order valence-corrected chi connectivity index (χ3v) is 6.67. The number of aromatic nitrogens is 3. The molecule has 1 aromatic carbocycles. The second-order valence-corrected chi connectivity index (χ2v) is 10.7. The molecular weight excluding hydrogens is 590 g/mol. The van der Waals surface area contributed by atoms with Crippen molar-refractivity contribution >= 4 is 23.5 Å². The number of rotatable bonds is 20. The van der Waals surface area contributed by atoms with Crippen LogP contribution in [0.3, 0.4) is 0 Å². The van der Waals surface area contributed by atoms with Gasteiger partial charge in [-0.25, -0.2) is 28.1 Å². The Kier molecular flexibility index (Phi) is 15.0. The lowest BCUT2D eigenvalue weighted by atomic mass is 9.99. The minimum Gasteiger partial charge on any atom is -0.469 e. The van der Waals surface area contributed by atoms with Gasteiger partial charge in [0.15, 0.2) is 0 Å². The highest BCUT2D eigenvalue weighted by Gasteiger charge is 2.19. The number of aliphatic hydroxyl groups excluding tert-OH is 2. The Hall–Kier alpha value is -4.43. The summed E-state index contributed by atoms with van der Waals surface area (Å²) in [5.41, 5.74) is -1.45. The molecule has 0 bridgehead atoms. The maximum Gasteiger partial charge on any atom is 0.336 e. The molecule has 0 saturated carbocycles. The second-order valence-electron chi connectivity index (χ2n) is 10.7. The molecule has 1 heterocycles. The van der Waals surface area contributed by atoms with Crippen LogP contribution in [-0.4, -0.2) is 73.3 Å². The lowest BCUT2D eigenvalue weighted by Gasteiger charge is -2.16. The van der Waals surface area contributed by atoms with Gasteiger partial charge in [-0.05, 0) is 30.9 Å². The number of hydrogen-bond acceptors (Lipinski definition) is 11. The van der Waals surface area contributed by atoms with Gasteiger partial charge < -0.3 is 19.7 Å². The molecule has 0 aliphatic rings. The molecule has 14 nitrogen and oxygen atoms in total. The van der Waals surface area contributed by atoms with E-state index >= 15 is 0 Å². The Balaban J connectivity index is 1.83. The third kappa shape index (κ3) is 12.2. The molecule has 0 aliphatic heterocycles.